The zero-order valence-corrected chi connectivity index (χ0v) is 22.5. The first kappa shape index (κ1) is 26.9. The lowest BCUT2D eigenvalue weighted by molar-refractivity contribution is -0.123. The van der Waals surface area contributed by atoms with E-state index in [9.17, 15) is 14.0 Å². The molecule has 0 fully saturated rings. The van der Waals surface area contributed by atoms with Gasteiger partial charge in [-0.05, 0) is 36.2 Å². The molecule has 0 saturated carbocycles. The number of nitrogens with zero attached hydrogens (tertiary/aromatic N) is 3. The number of anilines is 1. The van der Waals surface area contributed by atoms with Gasteiger partial charge < -0.3 is 5.32 Å². The van der Waals surface area contributed by atoms with Crippen LogP contribution < -0.4 is 10.2 Å². The zero-order chi connectivity index (χ0) is 26.9. The normalized spacial score (nSPS) is 16.1. The van der Waals surface area contributed by atoms with Gasteiger partial charge in [-0.1, -0.05) is 52.8 Å². The Bertz CT molecular complexity index is 1300. The summed E-state index contributed by atoms with van der Waals surface area (Å²) < 4.78 is 30.5. The lowest BCUT2D eigenvalue weighted by atomic mass is 9.87. The predicted octanol–water partition coefficient (Wildman–Crippen LogP) is 5.39. The van der Waals surface area contributed by atoms with Gasteiger partial charge in [-0.2, -0.15) is 5.10 Å². The number of hydrogen-bond acceptors (Lipinski definition) is 4. The fourth-order valence-electron chi connectivity index (χ4n) is 4.29. The van der Waals surface area contributed by atoms with Gasteiger partial charge in [0.25, 0.3) is 0 Å². The Labute approximate surface area is 220 Å². The van der Waals surface area contributed by atoms with Crippen LogP contribution in [0, 0.1) is 17.6 Å². The molecule has 1 aliphatic heterocycles. The highest BCUT2D eigenvalue weighted by molar-refractivity contribution is 8.00. The predicted molar refractivity (Wildman–Crippen MR) is 143 cm³/mol. The first-order valence-corrected chi connectivity index (χ1v) is 13.3. The number of fused-ring (bicyclic) bond motifs is 1. The van der Waals surface area contributed by atoms with Gasteiger partial charge in [0.1, 0.15) is 24.0 Å². The first-order chi connectivity index (χ1) is 17.5. The molecule has 37 heavy (non-hydrogen) atoms. The first-order valence-electron chi connectivity index (χ1n) is 12.3. The maximum Gasteiger partial charge on any atom is 0.240 e. The van der Waals surface area contributed by atoms with Crippen LogP contribution in [0.4, 0.5) is 14.6 Å². The summed E-state index contributed by atoms with van der Waals surface area (Å²) in [6, 6.07) is 12.3. The van der Waals surface area contributed by atoms with Crippen LogP contribution in [0.25, 0.3) is 5.69 Å². The molecule has 1 N–H and O–H groups in total. The van der Waals surface area contributed by atoms with Crippen molar-refractivity contribution in [2.75, 3.05) is 23.7 Å². The SMILES string of the molecule is CC(C)CNC(=O)CN1C(=O)CSC(c2ccccc2F)c2c(C(C)(C)C)nn(-c3ccc(F)cc3)c21. The molecule has 1 atom stereocenters. The van der Waals surface area contributed by atoms with Gasteiger partial charge in [0.2, 0.25) is 11.8 Å². The monoisotopic (exact) mass is 526 g/mol. The maximum atomic E-state index is 15.1. The zero-order valence-electron chi connectivity index (χ0n) is 21.7. The van der Waals surface area contributed by atoms with Gasteiger partial charge in [0, 0.05) is 23.1 Å². The number of nitrogens with one attached hydrogen (secondary N) is 1. The van der Waals surface area contributed by atoms with Crippen molar-refractivity contribution in [3.05, 3.63) is 77.0 Å². The molecule has 1 aliphatic rings. The summed E-state index contributed by atoms with van der Waals surface area (Å²) >= 11 is 1.32. The van der Waals surface area contributed by atoms with Crippen molar-refractivity contribution < 1.29 is 18.4 Å². The van der Waals surface area contributed by atoms with Crippen molar-refractivity contribution in [3.8, 4) is 5.69 Å². The summed E-state index contributed by atoms with van der Waals surface area (Å²) in [5.41, 5.74) is 1.85. The summed E-state index contributed by atoms with van der Waals surface area (Å²) in [6.07, 6.45) is 0. The Balaban J connectivity index is 1.98. The number of aromatic nitrogens is 2. The molecule has 1 aromatic heterocycles. The van der Waals surface area contributed by atoms with Crippen molar-refractivity contribution in [2.45, 2.75) is 45.3 Å². The van der Waals surface area contributed by atoms with E-state index in [1.807, 2.05) is 34.6 Å². The second kappa shape index (κ2) is 10.7. The van der Waals surface area contributed by atoms with Gasteiger partial charge in [-0.3, -0.25) is 14.5 Å². The molecule has 4 rings (SSSR count). The Morgan fingerprint density at radius 3 is 2.43 bits per heavy atom. The molecule has 9 heteroatoms. The minimum atomic E-state index is -0.535. The van der Waals surface area contributed by atoms with Gasteiger partial charge in [0.05, 0.1) is 22.4 Å². The second-order valence-corrected chi connectivity index (χ2v) is 11.7. The topological polar surface area (TPSA) is 67.2 Å². The van der Waals surface area contributed by atoms with Crippen molar-refractivity contribution >= 4 is 29.4 Å². The van der Waals surface area contributed by atoms with E-state index in [1.54, 1.807) is 35.0 Å². The van der Waals surface area contributed by atoms with Crippen LogP contribution in [-0.2, 0) is 15.0 Å². The molecule has 0 saturated heterocycles. The average molecular weight is 527 g/mol. The second-order valence-electron chi connectivity index (χ2n) is 10.6. The van der Waals surface area contributed by atoms with Gasteiger partial charge in [-0.25, -0.2) is 13.5 Å². The Kier molecular flexibility index (Phi) is 7.73. The lowest BCUT2D eigenvalue weighted by Crippen LogP contribution is -2.43. The number of rotatable bonds is 6. The van der Waals surface area contributed by atoms with Crippen LogP contribution >= 0.6 is 11.8 Å². The molecule has 0 radical (unpaired) electrons. The molecule has 3 aromatic rings. The summed E-state index contributed by atoms with van der Waals surface area (Å²) in [4.78, 5) is 27.9. The molecule has 196 valence electrons. The fourth-order valence-corrected chi connectivity index (χ4v) is 5.51. The molecule has 1 unspecified atom stereocenters. The molecule has 0 bridgehead atoms. The van der Waals surface area contributed by atoms with Crippen molar-refractivity contribution in [2.24, 2.45) is 5.92 Å². The fraction of sp³-hybridized carbons (Fsp3) is 0.393. The van der Waals surface area contributed by atoms with Crippen molar-refractivity contribution in [1.82, 2.24) is 15.1 Å². The molecular weight excluding hydrogens is 494 g/mol. The standard InChI is InChI=1S/C28H32F2N4O2S/c1-17(2)14-31-22(35)15-33-23(36)16-37-25(20-8-6-7-9-21(20)30)24-26(28(3,4)5)32-34(27(24)33)19-12-10-18(29)11-13-19/h6-13,17,25H,14-16H2,1-5H3,(H,31,35). The Hall–Kier alpha value is -3.20. The quantitative estimate of drug-likeness (QED) is 0.468. The number of carbonyl (C=O) groups is 2. The number of benzene rings is 2. The molecule has 0 aliphatic carbocycles. The highest BCUT2D eigenvalue weighted by atomic mass is 32.2. The largest absolute Gasteiger partial charge is 0.354 e. The van der Waals surface area contributed by atoms with E-state index in [0.29, 0.717) is 34.9 Å². The van der Waals surface area contributed by atoms with E-state index in [4.69, 9.17) is 5.10 Å². The van der Waals surface area contributed by atoms with Gasteiger partial charge in [-0.15, -0.1) is 11.8 Å². The molecule has 2 amide bonds. The van der Waals surface area contributed by atoms with Crippen molar-refractivity contribution in [3.63, 3.8) is 0 Å². The molecular formula is C28H32F2N4O2S. The summed E-state index contributed by atoms with van der Waals surface area (Å²) in [7, 11) is 0. The van der Waals surface area contributed by atoms with Crippen LogP contribution in [0.2, 0.25) is 0 Å². The lowest BCUT2D eigenvalue weighted by Gasteiger charge is -2.25. The third-order valence-corrected chi connectivity index (χ3v) is 7.30. The highest BCUT2D eigenvalue weighted by Gasteiger charge is 2.40. The van der Waals surface area contributed by atoms with E-state index in [0.717, 1.165) is 0 Å². The third kappa shape index (κ3) is 5.71. The van der Waals surface area contributed by atoms with Crippen LogP contribution in [0.3, 0.4) is 0 Å². The van der Waals surface area contributed by atoms with E-state index >= 15 is 4.39 Å². The molecule has 2 heterocycles. The highest BCUT2D eigenvalue weighted by Crippen LogP contribution is 2.48. The smallest absolute Gasteiger partial charge is 0.240 e. The number of hydrogen-bond donors (Lipinski definition) is 1. The Morgan fingerprint density at radius 2 is 1.81 bits per heavy atom. The maximum absolute atomic E-state index is 15.1. The molecule has 0 spiro atoms. The Morgan fingerprint density at radius 1 is 1.14 bits per heavy atom. The summed E-state index contributed by atoms with van der Waals surface area (Å²) in [5, 5.41) is 7.25. The number of halogens is 2. The molecule has 2 aromatic carbocycles. The number of amides is 2. The minimum absolute atomic E-state index is 0.0537. The minimum Gasteiger partial charge on any atom is -0.354 e. The van der Waals surface area contributed by atoms with Crippen LogP contribution in [-0.4, -0.2) is 40.4 Å². The van der Waals surface area contributed by atoms with Crippen molar-refractivity contribution in [1.29, 1.82) is 0 Å². The number of thioether (sulfide) groups is 1. The summed E-state index contributed by atoms with van der Waals surface area (Å²) in [6.45, 7) is 10.2. The number of carbonyl (C=O) groups excluding carboxylic acids is 2. The van der Waals surface area contributed by atoms with Gasteiger partial charge >= 0.3 is 0 Å². The van der Waals surface area contributed by atoms with E-state index in [-0.39, 0.29) is 35.8 Å². The third-order valence-electron chi connectivity index (χ3n) is 6.07. The summed E-state index contributed by atoms with van der Waals surface area (Å²) in [5.74, 6) is -0.662. The van der Waals surface area contributed by atoms with Crippen LogP contribution in [0.15, 0.2) is 48.5 Å². The van der Waals surface area contributed by atoms with Gasteiger partial charge in [0.15, 0.2) is 0 Å². The van der Waals surface area contributed by atoms with E-state index < -0.39 is 16.5 Å². The molecule has 6 nitrogen and oxygen atoms in total. The average Bonchev–Trinajstić information content (AvgIpc) is 3.17. The van der Waals surface area contributed by atoms with Crippen LogP contribution in [0.5, 0.6) is 0 Å². The van der Waals surface area contributed by atoms with Crippen LogP contribution in [0.1, 0.15) is 56.7 Å². The van der Waals surface area contributed by atoms with E-state index in [1.165, 1.54) is 34.9 Å². The van der Waals surface area contributed by atoms with E-state index in [2.05, 4.69) is 5.32 Å².